The van der Waals surface area contributed by atoms with Gasteiger partial charge in [-0.15, -0.1) is 16.9 Å². The summed E-state index contributed by atoms with van der Waals surface area (Å²) in [6.07, 6.45) is 2.10. The number of aryl methyl sites for hydroxylation is 1. The van der Waals surface area contributed by atoms with Crippen molar-refractivity contribution in [2.45, 2.75) is 37.0 Å². The van der Waals surface area contributed by atoms with Gasteiger partial charge in [0.05, 0.1) is 16.3 Å². The van der Waals surface area contributed by atoms with Crippen molar-refractivity contribution in [3.63, 3.8) is 0 Å². The van der Waals surface area contributed by atoms with Crippen molar-refractivity contribution in [1.82, 2.24) is 20.2 Å². The number of rotatable bonds is 7. The number of carbonyl (C=O) groups is 1. The van der Waals surface area contributed by atoms with Crippen molar-refractivity contribution in [2.75, 3.05) is 0 Å². The highest BCUT2D eigenvalue weighted by molar-refractivity contribution is 7.98. The fourth-order valence-corrected chi connectivity index (χ4v) is 2.78. The molecule has 0 atom stereocenters. The lowest BCUT2D eigenvalue weighted by atomic mass is 10.2. The van der Waals surface area contributed by atoms with Gasteiger partial charge in [0.25, 0.3) is 0 Å². The van der Waals surface area contributed by atoms with Crippen LogP contribution in [-0.4, -0.2) is 31.3 Å². The van der Waals surface area contributed by atoms with Crippen LogP contribution in [0.15, 0.2) is 23.1 Å². The van der Waals surface area contributed by atoms with Crippen molar-refractivity contribution in [3.8, 4) is 0 Å². The van der Waals surface area contributed by atoms with Gasteiger partial charge in [-0.2, -0.15) is 0 Å². The molecule has 8 heteroatoms. The van der Waals surface area contributed by atoms with Gasteiger partial charge in [0, 0.05) is 11.4 Å². The Bertz CT molecular complexity index is 632. The second kappa shape index (κ2) is 7.42. The van der Waals surface area contributed by atoms with Crippen molar-refractivity contribution in [2.24, 2.45) is 0 Å². The van der Waals surface area contributed by atoms with E-state index in [0.717, 1.165) is 30.1 Å². The molecule has 0 amide bonds. The minimum atomic E-state index is -1.03. The summed E-state index contributed by atoms with van der Waals surface area (Å²) in [7, 11) is 0. The summed E-state index contributed by atoms with van der Waals surface area (Å²) >= 11 is 7.33. The van der Waals surface area contributed by atoms with Crippen molar-refractivity contribution < 1.29 is 9.90 Å². The molecule has 1 heterocycles. The number of hydrogen-bond donors (Lipinski definition) is 1. The lowest BCUT2D eigenvalue weighted by molar-refractivity contribution is 0.0697. The van der Waals surface area contributed by atoms with Crippen LogP contribution in [-0.2, 0) is 12.3 Å². The van der Waals surface area contributed by atoms with E-state index >= 15 is 0 Å². The second-order valence-corrected chi connectivity index (χ2v) is 5.86. The molecule has 0 unspecified atom stereocenters. The average molecular weight is 327 g/mol. The number of halogens is 1. The van der Waals surface area contributed by atoms with Crippen molar-refractivity contribution in [3.05, 3.63) is 34.6 Å². The molecule has 1 N–H and O–H groups in total. The quantitative estimate of drug-likeness (QED) is 0.787. The zero-order valence-corrected chi connectivity index (χ0v) is 13.1. The number of benzene rings is 1. The Balaban J connectivity index is 2.05. The Labute approximate surface area is 131 Å². The van der Waals surface area contributed by atoms with Gasteiger partial charge in [-0.05, 0) is 35.0 Å². The molecule has 6 nitrogen and oxygen atoms in total. The van der Waals surface area contributed by atoms with Gasteiger partial charge >= 0.3 is 5.97 Å². The predicted molar refractivity (Wildman–Crippen MR) is 80.7 cm³/mol. The van der Waals surface area contributed by atoms with E-state index in [-0.39, 0.29) is 10.6 Å². The Hall–Kier alpha value is -1.60. The molecule has 0 aliphatic heterocycles. The predicted octanol–water partition coefficient (Wildman–Crippen LogP) is 3.12. The van der Waals surface area contributed by atoms with Gasteiger partial charge in [-0.3, -0.25) is 0 Å². The molecule has 0 bridgehead atoms. The summed E-state index contributed by atoms with van der Waals surface area (Å²) in [5.41, 5.74) is 0.104. The van der Waals surface area contributed by atoms with Gasteiger partial charge in [-0.1, -0.05) is 24.9 Å². The first-order valence-corrected chi connectivity index (χ1v) is 7.89. The number of carboxylic acids is 1. The Morgan fingerprint density at radius 1 is 1.48 bits per heavy atom. The summed E-state index contributed by atoms with van der Waals surface area (Å²) in [6.45, 7) is 2.90. The van der Waals surface area contributed by atoms with Crippen LogP contribution in [0.2, 0.25) is 5.02 Å². The molecule has 112 valence electrons. The Kier molecular flexibility index (Phi) is 5.58. The molecule has 1 aromatic carbocycles. The average Bonchev–Trinajstić information content (AvgIpc) is 2.91. The summed E-state index contributed by atoms with van der Waals surface area (Å²) in [5, 5.41) is 20.9. The van der Waals surface area contributed by atoms with Crippen molar-refractivity contribution >= 4 is 29.3 Å². The highest BCUT2D eigenvalue weighted by Crippen LogP contribution is 2.26. The van der Waals surface area contributed by atoms with Gasteiger partial charge in [0.2, 0.25) is 0 Å². The standard InChI is InChI=1S/C13H15ClN4O2S/c1-2-3-6-18-12(15-16-17-18)8-21-9-4-5-11(14)10(7-9)13(19)20/h4-5,7H,2-3,6,8H2,1H3,(H,19,20). The first-order chi connectivity index (χ1) is 10.1. The molecule has 0 aliphatic rings. The molecule has 2 aromatic rings. The molecular weight excluding hydrogens is 312 g/mol. The van der Waals surface area contributed by atoms with Crippen LogP contribution < -0.4 is 0 Å². The minimum Gasteiger partial charge on any atom is -0.478 e. The smallest absolute Gasteiger partial charge is 0.337 e. The third-order valence-electron chi connectivity index (χ3n) is 2.87. The molecule has 0 saturated heterocycles. The molecule has 0 fully saturated rings. The molecule has 0 radical (unpaired) electrons. The molecule has 1 aromatic heterocycles. The summed E-state index contributed by atoms with van der Waals surface area (Å²) < 4.78 is 1.78. The van der Waals surface area contributed by atoms with Crippen molar-refractivity contribution in [1.29, 1.82) is 0 Å². The third kappa shape index (κ3) is 4.18. The van der Waals surface area contributed by atoms with E-state index in [9.17, 15) is 4.79 Å². The maximum absolute atomic E-state index is 11.0. The van der Waals surface area contributed by atoms with E-state index in [1.54, 1.807) is 22.9 Å². The molecule has 2 rings (SSSR count). The van der Waals surface area contributed by atoms with Crippen LogP contribution in [0, 0.1) is 0 Å². The molecule has 0 saturated carbocycles. The van der Waals surface area contributed by atoms with E-state index in [4.69, 9.17) is 16.7 Å². The highest BCUT2D eigenvalue weighted by atomic mass is 35.5. The summed E-state index contributed by atoms with van der Waals surface area (Å²) in [5.74, 6) is 0.327. The number of thioether (sulfide) groups is 1. The van der Waals surface area contributed by atoms with Gasteiger partial charge in [-0.25, -0.2) is 9.48 Å². The highest BCUT2D eigenvalue weighted by Gasteiger charge is 2.11. The van der Waals surface area contributed by atoms with E-state index < -0.39 is 5.97 Å². The molecule has 0 aliphatic carbocycles. The number of tetrazole rings is 1. The van der Waals surface area contributed by atoms with Crippen LogP contribution >= 0.6 is 23.4 Å². The Morgan fingerprint density at radius 3 is 3.00 bits per heavy atom. The normalized spacial score (nSPS) is 10.8. The zero-order valence-electron chi connectivity index (χ0n) is 11.5. The summed E-state index contributed by atoms with van der Waals surface area (Å²) in [6, 6.07) is 4.95. The lowest BCUT2D eigenvalue weighted by Gasteiger charge is -2.05. The van der Waals surface area contributed by atoms with Crippen LogP contribution in [0.5, 0.6) is 0 Å². The number of carboxylic acid groups (broad SMARTS) is 1. The number of nitrogens with zero attached hydrogens (tertiary/aromatic N) is 4. The van der Waals surface area contributed by atoms with E-state index in [1.165, 1.54) is 11.8 Å². The first kappa shape index (κ1) is 15.8. The monoisotopic (exact) mass is 326 g/mol. The number of hydrogen-bond acceptors (Lipinski definition) is 5. The van der Waals surface area contributed by atoms with Gasteiger partial charge in [0.1, 0.15) is 0 Å². The van der Waals surface area contributed by atoms with Crippen LogP contribution in [0.3, 0.4) is 0 Å². The van der Waals surface area contributed by atoms with Gasteiger partial charge in [0.15, 0.2) is 5.82 Å². The van der Waals surface area contributed by atoms with Gasteiger partial charge < -0.3 is 5.11 Å². The van der Waals surface area contributed by atoms with E-state index in [2.05, 4.69) is 22.4 Å². The molecule has 21 heavy (non-hydrogen) atoms. The van der Waals surface area contributed by atoms with Crippen LogP contribution in [0.1, 0.15) is 35.9 Å². The van der Waals surface area contributed by atoms with E-state index in [1.807, 2.05) is 0 Å². The number of aromatic carboxylic acids is 1. The SMILES string of the molecule is CCCCn1nnnc1CSc1ccc(Cl)c(C(=O)O)c1. The minimum absolute atomic E-state index is 0.104. The fourth-order valence-electron chi connectivity index (χ4n) is 1.71. The lowest BCUT2D eigenvalue weighted by Crippen LogP contribution is -2.05. The Morgan fingerprint density at radius 2 is 2.29 bits per heavy atom. The first-order valence-electron chi connectivity index (χ1n) is 6.52. The maximum Gasteiger partial charge on any atom is 0.337 e. The maximum atomic E-state index is 11.0. The fraction of sp³-hybridized carbons (Fsp3) is 0.385. The third-order valence-corrected chi connectivity index (χ3v) is 4.19. The van der Waals surface area contributed by atoms with Crippen LogP contribution in [0.4, 0.5) is 0 Å². The second-order valence-electron chi connectivity index (χ2n) is 4.41. The topological polar surface area (TPSA) is 80.9 Å². The summed E-state index contributed by atoms with van der Waals surface area (Å²) in [4.78, 5) is 11.9. The largest absolute Gasteiger partial charge is 0.478 e. The van der Waals surface area contributed by atoms with Crippen LogP contribution in [0.25, 0.3) is 0 Å². The molecular formula is C13H15ClN4O2S. The molecule has 0 spiro atoms. The zero-order chi connectivity index (χ0) is 15.2. The number of aromatic nitrogens is 4. The van der Waals surface area contributed by atoms with E-state index in [0.29, 0.717) is 5.75 Å². The number of unbranched alkanes of at least 4 members (excludes halogenated alkanes) is 1.